The van der Waals surface area contributed by atoms with Crippen LogP contribution in [0.4, 0.5) is 0 Å². The Kier molecular flexibility index (Phi) is 4.81. The van der Waals surface area contributed by atoms with Gasteiger partial charge in [-0.1, -0.05) is 27.2 Å². The summed E-state index contributed by atoms with van der Waals surface area (Å²) in [5.41, 5.74) is 0. The Bertz CT molecular complexity index is 217. The molecule has 1 aliphatic heterocycles. The fourth-order valence-corrected chi connectivity index (χ4v) is 3.32. The van der Waals surface area contributed by atoms with Crippen molar-refractivity contribution in [3.63, 3.8) is 0 Å². The molecule has 1 rings (SSSR count). The van der Waals surface area contributed by atoms with E-state index in [9.17, 15) is 0 Å². The van der Waals surface area contributed by atoms with E-state index < -0.39 is 0 Å². The van der Waals surface area contributed by atoms with Crippen molar-refractivity contribution in [3.05, 3.63) is 0 Å². The van der Waals surface area contributed by atoms with E-state index in [0.717, 1.165) is 5.92 Å². The van der Waals surface area contributed by atoms with Crippen LogP contribution in [0, 0.1) is 5.92 Å². The highest BCUT2D eigenvalue weighted by Crippen LogP contribution is 2.30. The highest BCUT2D eigenvalue weighted by atomic mass is 15.3. The zero-order chi connectivity index (χ0) is 12.5. The maximum absolute atomic E-state index is 2.71. The molecule has 16 heavy (non-hydrogen) atoms. The summed E-state index contributed by atoms with van der Waals surface area (Å²) in [6.45, 7) is 15.3. The molecular weight excluding hydrogens is 196 g/mol. The van der Waals surface area contributed by atoms with E-state index in [2.05, 4.69) is 58.4 Å². The average molecular weight is 226 g/mol. The van der Waals surface area contributed by atoms with Gasteiger partial charge in [0, 0.05) is 24.2 Å². The first-order valence-corrected chi connectivity index (χ1v) is 6.93. The van der Waals surface area contributed by atoms with Gasteiger partial charge in [0.25, 0.3) is 0 Å². The first kappa shape index (κ1) is 14.0. The molecule has 96 valence electrons. The van der Waals surface area contributed by atoms with E-state index in [4.69, 9.17) is 0 Å². The summed E-state index contributed by atoms with van der Waals surface area (Å²) in [6.07, 6.45) is 1.28. The van der Waals surface area contributed by atoms with Crippen molar-refractivity contribution in [1.82, 2.24) is 9.80 Å². The molecule has 0 aliphatic carbocycles. The summed E-state index contributed by atoms with van der Waals surface area (Å²) in [5.74, 6) is 0.785. The Balaban J connectivity index is 2.93. The molecule has 0 amide bonds. The molecule has 1 fully saturated rings. The molecule has 0 N–H and O–H groups in total. The maximum atomic E-state index is 2.71. The first-order chi connectivity index (χ1) is 7.45. The van der Waals surface area contributed by atoms with Crippen LogP contribution >= 0.6 is 0 Å². The van der Waals surface area contributed by atoms with Gasteiger partial charge in [0.2, 0.25) is 0 Å². The van der Waals surface area contributed by atoms with Crippen LogP contribution in [0.2, 0.25) is 0 Å². The van der Waals surface area contributed by atoms with E-state index in [-0.39, 0.29) is 0 Å². The molecule has 1 saturated heterocycles. The largest absolute Gasteiger partial charge is 0.298 e. The van der Waals surface area contributed by atoms with Crippen LogP contribution in [0.15, 0.2) is 0 Å². The summed E-state index contributed by atoms with van der Waals surface area (Å²) in [6, 6.07) is 2.72. The zero-order valence-corrected chi connectivity index (χ0v) is 12.2. The van der Waals surface area contributed by atoms with Crippen molar-refractivity contribution in [1.29, 1.82) is 0 Å². The van der Waals surface area contributed by atoms with Gasteiger partial charge in [0.15, 0.2) is 0 Å². The Morgan fingerprint density at radius 1 is 1.00 bits per heavy atom. The van der Waals surface area contributed by atoms with Crippen molar-refractivity contribution in [2.45, 2.75) is 72.1 Å². The average Bonchev–Trinajstić information content (AvgIpc) is 2.29. The molecule has 0 radical (unpaired) electrons. The van der Waals surface area contributed by atoms with Crippen molar-refractivity contribution in [3.8, 4) is 0 Å². The molecule has 0 saturated carbocycles. The predicted molar refractivity (Wildman–Crippen MR) is 71.8 cm³/mol. The number of piperazine rings is 1. The second-order valence-corrected chi connectivity index (χ2v) is 5.59. The van der Waals surface area contributed by atoms with Crippen LogP contribution in [0.5, 0.6) is 0 Å². The van der Waals surface area contributed by atoms with E-state index in [1.807, 2.05) is 0 Å². The topological polar surface area (TPSA) is 6.48 Å². The third-order valence-electron chi connectivity index (χ3n) is 4.98. The quantitative estimate of drug-likeness (QED) is 0.730. The summed E-state index contributed by atoms with van der Waals surface area (Å²) in [5, 5.41) is 0. The maximum Gasteiger partial charge on any atom is 0.0277 e. The van der Waals surface area contributed by atoms with Crippen molar-refractivity contribution < 1.29 is 0 Å². The molecule has 0 aromatic rings. The summed E-state index contributed by atoms with van der Waals surface area (Å²) >= 11 is 0. The van der Waals surface area contributed by atoms with Gasteiger partial charge < -0.3 is 0 Å². The Hall–Kier alpha value is -0.0800. The van der Waals surface area contributed by atoms with Crippen LogP contribution in [0.3, 0.4) is 0 Å². The second-order valence-electron chi connectivity index (χ2n) is 5.59. The minimum Gasteiger partial charge on any atom is -0.298 e. The summed E-state index contributed by atoms with van der Waals surface area (Å²) in [7, 11) is 2.29. The monoisotopic (exact) mass is 226 g/mol. The molecule has 0 aromatic heterocycles. The molecule has 2 nitrogen and oxygen atoms in total. The van der Waals surface area contributed by atoms with Crippen LogP contribution in [-0.2, 0) is 0 Å². The van der Waals surface area contributed by atoms with Gasteiger partial charge in [-0.15, -0.1) is 0 Å². The SMILES string of the molecule is CCC(C)C1C(C)N(C)C(C)C(C)N1CC. The number of likely N-dealkylation sites (N-methyl/N-ethyl adjacent to an activating group) is 2. The smallest absolute Gasteiger partial charge is 0.0277 e. The van der Waals surface area contributed by atoms with Gasteiger partial charge in [-0.2, -0.15) is 0 Å². The predicted octanol–water partition coefficient (Wildman–Crippen LogP) is 2.83. The fraction of sp³-hybridized carbons (Fsp3) is 1.00. The normalized spacial score (nSPS) is 39.9. The zero-order valence-electron chi connectivity index (χ0n) is 12.2. The van der Waals surface area contributed by atoms with Gasteiger partial charge in [-0.25, -0.2) is 0 Å². The fourth-order valence-electron chi connectivity index (χ4n) is 3.32. The Morgan fingerprint density at radius 2 is 1.56 bits per heavy atom. The van der Waals surface area contributed by atoms with Crippen molar-refractivity contribution in [2.24, 2.45) is 5.92 Å². The molecule has 0 aromatic carbocycles. The Morgan fingerprint density at radius 3 is 2.00 bits per heavy atom. The van der Waals surface area contributed by atoms with Gasteiger partial charge >= 0.3 is 0 Å². The lowest BCUT2D eigenvalue weighted by molar-refractivity contribution is -0.0504. The van der Waals surface area contributed by atoms with Crippen molar-refractivity contribution >= 4 is 0 Å². The molecule has 0 spiro atoms. The van der Waals surface area contributed by atoms with E-state index in [0.29, 0.717) is 24.2 Å². The van der Waals surface area contributed by atoms with E-state index in [1.165, 1.54) is 13.0 Å². The molecule has 0 bridgehead atoms. The molecule has 1 aliphatic rings. The highest BCUT2D eigenvalue weighted by molar-refractivity contribution is 4.97. The standard InChI is InChI=1S/C14H30N2/c1-8-10(3)14-13(6)15(7)11(4)12(5)16(14)9-2/h10-14H,8-9H2,1-7H3. The number of rotatable bonds is 3. The highest BCUT2D eigenvalue weighted by Gasteiger charge is 2.41. The van der Waals surface area contributed by atoms with E-state index >= 15 is 0 Å². The van der Waals surface area contributed by atoms with Gasteiger partial charge in [-0.3, -0.25) is 9.80 Å². The van der Waals surface area contributed by atoms with Gasteiger partial charge in [-0.05, 0) is 40.3 Å². The lowest BCUT2D eigenvalue weighted by atomic mass is 9.85. The summed E-state index contributed by atoms with van der Waals surface area (Å²) in [4.78, 5) is 5.27. The Labute approximate surface area is 102 Å². The lowest BCUT2D eigenvalue weighted by Crippen LogP contribution is -2.66. The van der Waals surface area contributed by atoms with Crippen molar-refractivity contribution in [2.75, 3.05) is 13.6 Å². The second kappa shape index (κ2) is 5.50. The molecular formula is C14H30N2. The third-order valence-corrected chi connectivity index (χ3v) is 4.98. The lowest BCUT2D eigenvalue weighted by Gasteiger charge is -2.54. The summed E-state index contributed by atoms with van der Waals surface area (Å²) < 4.78 is 0. The van der Waals surface area contributed by atoms with Crippen LogP contribution < -0.4 is 0 Å². The van der Waals surface area contributed by atoms with Crippen LogP contribution in [0.25, 0.3) is 0 Å². The van der Waals surface area contributed by atoms with Crippen LogP contribution in [-0.4, -0.2) is 47.6 Å². The van der Waals surface area contributed by atoms with Gasteiger partial charge in [0.1, 0.15) is 0 Å². The molecule has 5 atom stereocenters. The minimum absolute atomic E-state index is 0.662. The number of hydrogen-bond acceptors (Lipinski definition) is 2. The van der Waals surface area contributed by atoms with Gasteiger partial charge in [0.05, 0.1) is 0 Å². The van der Waals surface area contributed by atoms with E-state index in [1.54, 1.807) is 0 Å². The molecule has 5 unspecified atom stereocenters. The molecule has 1 heterocycles. The number of nitrogens with zero attached hydrogens (tertiary/aromatic N) is 2. The van der Waals surface area contributed by atoms with Crippen LogP contribution in [0.1, 0.15) is 48.0 Å². The first-order valence-electron chi connectivity index (χ1n) is 6.93. The minimum atomic E-state index is 0.662. The molecule has 2 heteroatoms. The number of hydrogen-bond donors (Lipinski definition) is 0. The third kappa shape index (κ3) is 2.28.